The third-order valence-corrected chi connectivity index (χ3v) is 1.89. The van der Waals surface area contributed by atoms with Gasteiger partial charge in [0.2, 0.25) is 0 Å². The molecular formula is C9H16N2O5. The minimum absolute atomic E-state index is 0.238. The summed E-state index contributed by atoms with van der Waals surface area (Å²) in [5.74, 6) is -1.74. The van der Waals surface area contributed by atoms with Crippen LogP contribution in [0.2, 0.25) is 0 Å². The minimum Gasteiger partial charge on any atom is -0.480 e. The first kappa shape index (κ1) is 14.2. The third kappa shape index (κ3) is 4.16. The molecule has 0 aliphatic rings. The molecule has 0 bridgehead atoms. The zero-order valence-corrected chi connectivity index (χ0v) is 9.73. The summed E-state index contributed by atoms with van der Waals surface area (Å²) in [4.78, 5) is 34.1. The van der Waals surface area contributed by atoms with Crippen molar-refractivity contribution >= 4 is 18.0 Å². The van der Waals surface area contributed by atoms with Gasteiger partial charge in [0.1, 0.15) is 12.1 Å². The molecule has 0 unspecified atom stereocenters. The highest BCUT2D eigenvalue weighted by Crippen LogP contribution is 2.02. The first-order valence-corrected chi connectivity index (χ1v) is 4.54. The molecule has 0 aromatic rings. The van der Waals surface area contributed by atoms with Crippen LogP contribution >= 0.6 is 0 Å². The van der Waals surface area contributed by atoms with Gasteiger partial charge in [-0.15, -0.1) is 0 Å². The minimum atomic E-state index is -1.39. The maximum absolute atomic E-state index is 11.5. The highest BCUT2D eigenvalue weighted by atomic mass is 16.5. The van der Waals surface area contributed by atoms with Gasteiger partial charge in [-0.1, -0.05) is 0 Å². The fourth-order valence-corrected chi connectivity index (χ4v) is 0.746. The Balaban J connectivity index is 4.36. The van der Waals surface area contributed by atoms with Crippen molar-refractivity contribution in [3.63, 3.8) is 0 Å². The van der Waals surface area contributed by atoms with Crippen molar-refractivity contribution in [2.45, 2.75) is 19.4 Å². The number of likely N-dealkylation sites (N-methyl/N-ethyl adjacent to an activating group) is 1. The van der Waals surface area contributed by atoms with Gasteiger partial charge in [-0.2, -0.15) is 0 Å². The highest BCUT2D eigenvalue weighted by Gasteiger charge is 2.30. The van der Waals surface area contributed by atoms with Crippen LogP contribution in [-0.4, -0.2) is 54.2 Å². The first-order valence-electron chi connectivity index (χ1n) is 4.54. The average molecular weight is 232 g/mol. The lowest BCUT2D eigenvalue weighted by Gasteiger charge is -2.25. The number of carbonyl (C=O) groups excluding carboxylic acids is 2. The maximum atomic E-state index is 11.5. The SMILES string of the molecule is COC(=O)CN(C)C(=O)NC(C)(C)C(=O)O. The summed E-state index contributed by atoms with van der Waals surface area (Å²) in [6.07, 6.45) is 0. The van der Waals surface area contributed by atoms with Crippen LogP contribution in [0.1, 0.15) is 13.8 Å². The van der Waals surface area contributed by atoms with Crippen molar-refractivity contribution in [1.29, 1.82) is 0 Å². The van der Waals surface area contributed by atoms with Crippen molar-refractivity contribution < 1.29 is 24.2 Å². The van der Waals surface area contributed by atoms with Crippen LogP contribution in [0.15, 0.2) is 0 Å². The second kappa shape index (κ2) is 5.34. The Hall–Kier alpha value is -1.79. The molecule has 2 amide bonds. The number of carboxylic acid groups (broad SMARTS) is 1. The van der Waals surface area contributed by atoms with Crippen LogP contribution in [-0.2, 0) is 14.3 Å². The van der Waals surface area contributed by atoms with Crippen LogP contribution in [0, 0.1) is 0 Å². The summed E-state index contributed by atoms with van der Waals surface area (Å²) in [5, 5.41) is 11.0. The summed E-state index contributed by atoms with van der Waals surface area (Å²) in [6.45, 7) is 2.45. The molecule has 0 aromatic heterocycles. The van der Waals surface area contributed by atoms with E-state index >= 15 is 0 Å². The Morgan fingerprint density at radius 3 is 2.25 bits per heavy atom. The van der Waals surface area contributed by atoms with Gasteiger partial charge in [0.15, 0.2) is 0 Å². The quantitative estimate of drug-likeness (QED) is 0.647. The van der Waals surface area contributed by atoms with Crippen LogP contribution in [0.3, 0.4) is 0 Å². The second-order valence-corrected chi connectivity index (χ2v) is 3.79. The first-order chi connectivity index (χ1) is 7.20. The van der Waals surface area contributed by atoms with E-state index in [0.717, 1.165) is 4.90 Å². The van der Waals surface area contributed by atoms with Gasteiger partial charge >= 0.3 is 18.0 Å². The zero-order valence-electron chi connectivity index (χ0n) is 9.73. The molecule has 0 saturated heterocycles. The van der Waals surface area contributed by atoms with Gasteiger partial charge in [0, 0.05) is 7.05 Å². The molecule has 16 heavy (non-hydrogen) atoms. The molecule has 0 radical (unpaired) electrons. The number of methoxy groups -OCH3 is 1. The predicted molar refractivity (Wildman–Crippen MR) is 54.9 cm³/mol. The van der Waals surface area contributed by atoms with Crippen molar-refractivity contribution in [3.05, 3.63) is 0 Å². The maximum Gasteiger partial charge on any atom is 0.328 e. The number of urea groups is 1. The molecule has 0 aliphatic carbocycles. The number of carbonyl (C=O) groups is 3. The monoisotopic (exact) mass is 232 g/mol. The summed E-state index contributed by atoms with van der Waals surface area (Å²) in [5.41, 5.74) is -1.39. The van der Waals surface area contributed by atoms with Crippen LogP contribution in [0.25, 0.3) is 0 Å². The Morgan fingerprint density at radius 1 is 1.38 bits per heavy atom. The Bertz CT molecular complexity index is 300. The molecule has 0 saturated carbocycles. The smallest absolute Gasteiger partial charge is 0.328 e. The van der Waals surface area contributed by atoms with E-state index in [1.165, 1.54) is 28.0 Å². The van der Waals surface area contributed by atoms with E-state index in [1.807, 2.05) is 0 Å². The van der Waals surface area contributed by atoms with E-state index in [2.05, 4.69) is 10.1 Å². The molecule has 0 heterocycles. The van der Waals surface area contributed by atoms with Gasteiger partial charge in [-0.05, 0) is 13.8 Å². The van der Waals surface area contributed by atoms with E-state index in [-0.39, 0.29) is 6.54 Å². The van der Waals surface area contributed by atoms with Gasteiger partial charge in [-0.25, -0.2) is 9.59 Å². The zero-order chi connectivity index (χ0) is 12.9. The van der Waals surface area contributed by atoms with Crippen molar-refractivity contribution in [2.24, 2.45) is 0 Å². The molecule has 0 spiro atoms. The number of hydrogen-bond donors (Lipinski definition) is 2. The fraction of sp³-hybridized carbons (Fsp3) is 0.667. The standard InChI is InChI=1S/C9H16N2O5/c1-9(2,7(13)14)10-8(15)11(3)5-6(12)16-4/h5H2,1-4H3,(H,10,15)(H,13,14). The number of ether oxygens (including phenoxy) is 1. The predicted octanol–water partition coefficient (Wildman–Crippen LogP) is -0.336. The van der Waals surface area contributed by atoms with E-state index in [4.69, 9.17) is 5.11 Å². The van der Waals surface area contributed by atoms with Crippen LogP contribution < -0.4 is 5.32 Å². The lowest BCUT2D eigenvalue weighted by molar-refractivity contribution is -0.143. The number of aliphatic carboxylic acids is 1. The normalized spacial score (nSPS) is 10.5. The summed E-state index contributed by atoms with van der Waals surface area (Å²) >= 11 is 0. The molecule has 0 aliphatic heterocycles. The molecule has 0 atom stereocenters. The topological polar surface area (TPSA) is 95.9 Å². The number of esters is 1. The number of rotatable bonds is 4. The molecule has 2 N–H and O–H groups in total. The van der Waals surface area contributed by atoms with Crippen LogP contribution in [0.5, 0.6) is 0 Å². The van der Waals surface area contributed by atoms with E-state index in [1.54, 1.807) is 0 Å². The van der Waals surface area contributed by atoms with Gasteiger partial charge in [0.25, 0.3) is 0 Å². The molecule has 0 fully saturated rings. The van der Waals surface area contributed by atoms with E-state index in [9.17, 15) is 14.4 Å². The Labute approximate surface area is 93.4 Å². The van der Waals surface area contributed by atoms with Gasteiger partial charge in [0.05, 0.1) is 7.11 Å². The average Bonchev–Trinajstić information content (AvgIpc) is 2.16. The van der Waals surface area contributed by atoms with E-state index in [0.29, 0.717) is 0 Å². The summed E-state index contributed by atoms with van der Waals surface area (Å²) in [6, 6.07) is -0.655. The third-order valence-electron chi connectivity index (χ3n) is 1.89. The van der Waals surface area contributed by atoms with Crippen molar-refractivity contribution in [2.75, 3.05) is 20.7 Å². The van der Waals surface area contributed by atoms with Crippen molar-refractivity contribution in [3.8, 4) is 0 Å². The lowest BCUT2D eigenvalue weighted by Crippen LogP contribution is -2.54. The van der Waals surface area contributed by atoms with E-state index < -0.39 is 23.5 Å². The summed E-state index contributed by atoms with van der Waals surface area (Å²) in [7, 11) is 2.57. The lowest BCUT2D eigenvalue weighted by atomic mass is 10.1. The molecule has 0 aromatic carbocycles. The van der Waals surface area contributed by atoms with Gasteiger partial charge in [-0.3, -0.25) is 4.79 Å². The number of carboxylic acids is 1. The molecule has 0 rings (SSSR count). The molecular weight excluding hydrogens is 216 g/mol. The largest absolute Gasteiger partial charge is 0.480 e. The molecule has 7 nitrogen and oxygen atoms in total. The second-order valence-electron chi connectivity index (χ2n) is 3.79. The van der Waals surface area contributed by atoms with Crippen molar-refractivity contribution in [1.82, 2.24) is 10.2 Å². The highest BCUT2D eigenvalue weighted by molar-refractivity contribution is 5.87. The number of hydrogen-bond acceptors (Lipinski definition) is 4. The number of amides is 2. The number of nitrogens with one attached hydrogen (secondary N) is 1. The Kier molecular flexibility index (Phi) is 4.74. The Morgan fingerprint density at radius 2 is 1.88 bits per heavy atom. The van der Waals surface area contributed by atoms with Gasteiger partial charge < -0.3 is 20.1 Å². The molecule has 92 valence electrons. The summed E-state index contributed by atoms with van der Waals surface area (Å²) < 4.78 is 4.37. The number of nitrogens with zero attached hydrogens (tertiary/aromatic N) is 1. The molecule has 7 heteroatoms. The van der Waals surface area contributed by atoms with Crippen LogP contribution in [0.4, 0.5) is 4.79 Å². The fourth-order valence-electron chi connectivity index (χ4n) is 0.746.